The van der Waals surface area contributed by atoms with Gasteiger partial charge >= 0.3 is 0 Å². The number of nitrogens with zero attached hydrogens (tertiary/aromatic N) is 3. The third kappa shape index (κ3) is 4.28. The van der Waals surface area contributed by atoms with Gasteiger partial charge in [-0.15, -0.1) is 0 Å². The Labute approximate surface area is 120 Å². The van der Waals surface area contributed by atoms with Crippen molar-refractivity contribution in [2.75, 3.05) is 25.1 Å². The average molecular weight is 301 g/mol. The van der Waals surface area contributed by atoms with Crippen LogP contribution >= 0.6 is 0 Å². The van der Waals surface area contributed by atoms with Gasteiger partial charge in [0.2, 0.25) is 5.89 Å². The second-order valence-electron chi connectivity index (χ2n) is 6.00. The summed E-state index contributed by atoms with van der Waals surface area (Å²) in [6.45, 7) is 5.51. The molecule has 0 saturated carbocycles. The lowest BCUT2D eigenvalue weighted by molar-refractivity contribution is 0.252. The maximum absolute atomic E-state index is 11.4. The predicted molar refractivity (Wildman–Crippen MR) is 76.1 cm³/mol. The fourth-order valence-electron chi connectivity index (χ4n) is 2.38. The van der Waals surface area contributed by atoms with E-state index in [2.05, 4.69) is 15.0 Å². The van der Waals surface area contributed by atoms with Gasteiger partial charge in [0.15, 0.2) is 15.7 Å². The van der Waals surface area contributed by atoms with Crippen LogP contribution in [0.15, 0.2) is 4.52 Å². The normalized spacial score (nSPS) is 21.9. The van der Waals surface area contributed by atoms with Crippen LogP contribution in [0.3, 0.4) is 0 Å². The molecule has 0 radical (unpaired) electrons. The zero-order valence-corrected chi connectivity index (χ0v) is 13.2. The van der Waals surface area contributed by atoms with Crippen LogP contribution < -0.4 is 0 Å². The first-order valence-electron chi connectivity index (χ1n) is 7.07. The van der Waals surface area contributed by atoms with Crippen LogP contribution in [-0.2, 0) is 16.4 Å². The van der Waals surface area contributed by atoms with E-state index in [1.807, 2.05) is 20.9 Å². The van der Waals surface area contributed by atoms with Crippen LogP contribution in [0, 0.1) is 5.92 Å². The Morgan fingerprint density at radius 2 is 2.20 bits per heavy atom. The van der Waals surface area contributed by atoms with E-state index < -0.39 is 9.84 Å². The molecule has 1 atom stereocenters. The van der Waals surface area contributed by atoms with Gasteiger partial charge in [-0.2, -0.15) is 4.98 Å². The van der Waals surface area contributed by atoms with E-state index in [4.69, 9.17) is 4.52 Å². The van der Waals surface area contributed by atoms with E-state index in [9.17, 15) is 8.42 Å². The van der Waals surface area contributed by atoms with Crippen LogP contribution in [0.25, 0.3) is 0 Å². The summed E-state index contributed by atoms with van der Waals surface area (Å²) in [4.78, 5) is 6.44. The van der Waals surface area contributed by atoms with Crippen molar-refractivity contribution in [1.29, 1.82) is 0 Å². The van der Waals surface area contributed by atoms with Crippen molar-refractivity contribution in [2.45, 2.75) is 39.2 Å². The van der Waals surface area contributed by atoms with Crippen molar-refractivity contribution in [1.82, 2.24) is 15.0 Å². The van der Waals surface area contributed by atoms with E-state index in [1.165, 1.54) is 0 Å². The van der Waals surface area contributed by atoms with Gasteiger partial charge in [0, 0.05) is 5.92 Å². The molecule has 1 saturated heterocycles. The van der Waals surface area contributed by atoms with Gasteiger partial charge in [0.05, 0.1) is 18.1 Å². The van der Waals surface area contributed by atoms with E-state index >= 15 is 0 Å². The first kappa shape index (κ1) is 15.4. The average Bonchev–Trinajstić information content (AvgIpc) is 2.93. The third-order valence-corrected chi connectivity index (χ3v) is 5.49. The van der Waals surface area contributed by atoms with Crippen molar-refractivity contribution in [3.8, 4) is 0 Å². The first-order chi connectivity index (χ1) is 9.35. The Balaban J connectivity index is 1.76. The highest BCUT2D eigenvalue weighted by molar-refractivity contribution is 7.91. The predicted octanol–water partition coefficient (Wildman–Crippen LogP) is 1.45. The molecule has 1 aliphatic rings. The molecular weight excluding hydrogens is 278 g/mol. The highest BCUT2D eigenvalue weighted by Gasteiger charge is 2.27. The van der Waals surface area contributed by atoms with Gasteiger partial charge in [-0.1, -0.05) is 19.0 Å². The molecule has 1 aromatic heterocycles. The monoisotopic (exact) mass is 301 g/mol. The maximum atomic E-state index is 11.4. The van der Waals surface area contributed by atoms with Gasteiger partial charge in [-0.3, -0.25) is 4.90 Å². The number of hydrogen-bond donors (Lipinski definition) is 0. The molecule has 1 fully saturated rings. The van der Waals surface area contributed by atoms with Gasteiger partial charge in [0.1, 0.15) is 0 Å². The van der Waals surface area contributed by atoms with E-state index in [-0.39, 0.29) is 5.92 Å². The number of aromatic nitrogens is 2. The molecule has 0 aromatic carbocycles. The molecule has 2 rings (SSSR count). The summed E-state index contributed by atoms with van der Waals surface area (Å²) in [5.74, 6) is 2.62. The van der Waals surface area contributed by atoms with Crippen LogP contribution in [-0.4, -0.2) is 48.6 Å². The minimum Gasteiger partial charge on any atom is -0.338 e. The summed E-state index contributed by atoms with van der Waals surface area (Å²) in [6, 6.07) is 0. The fourth-order valence-corrected chi connectivity index (χ4v) is 4.29. The van der Waals surface area contributed by atoms with E-state index in [1.54, 1.807) is 0 Å². The van der Waals surface area contributed by atoms with Crippen molar-refractivity contribution >= 4 is 9.84 Å². The van der Waals surface area contributed by atoms with Crippen LogP contribution in [0.5, 0.6) is 0 Å². The van der Waals surface area contributed by atoms with Gasteiger partial charge in [-0.05, 0) is 32.4 Å². The van der Waals surface area contributed by atoms with E-state index in [0.29, 0.717) is 29.9 Å². The SMILES string of the molecule is CC(C)c1noc(CN(C)CCC2CCS(=O)(=O)C2)n1. The summed E-state index contributed by atoms with van der Waals surface area (Å²) in [7, 11) is -0.779. The summed E-state index contributed by atoms with van der Waals surface area (Å²) < 4.78 is 28.0. The quantitative estimate of drug-likeness (QED) is 0.791. The first-order valence-corrected chi connectivity index (χ1v) is 8.89. The lowest BCUT2D eigenvalue weighted by Gasteiger charge is -2.16. The van der Waals surface area contributed by atoms with Crippen LogP contribution in [0.1, 0.15) is 44.3 Å². The topological polar surface area (TPSA) is 76.3 Å². The van der Waals surface area contributed by atoms with Crippen LogP contribution in [0.2, 0.25) is 0 Å². The molecule has 0 amide bonds. The Bertz CT molecular complexity index is 539. The number of sulfone groups is 1. The highest BCUT2D eigenvalue weighted by Crippen LogP contribution is 2.21. The second kappa shape index (κ2) is 6.22. The zero-order chi connectivity index (χ0) is 14.8. The molecule has 0 N–H and O–H groups in total. The summed E-state index contributed by atoms with van der Waals surface area (Å²) in [5.41, 5.74) is 0. The van der Waals surface area contributed by atoms with Crippen molar-refractivity contribution in [2.24, 2.45) is 5.92 Å². The summed E-state index contributed by atoms with van der Waals surface area (Å²) >= 11 is 0. The van der Waals surface area contributed by atoms with Gasteiger partial charge < -0.3 is 4.52 Å². The lowest BCUT2D eigenvalue weighted by atomic mass is 10.1. The summed E-state index contributed by atoms with van der Waals surface area (Å²) in [6.07, 6.45) is 1.70. The van der Waals surface area contributed by atoms with Gasteiger partial charge in [-0.25, -0.2) is 8.42 Å². The lowest BCUT2D eigenvalue weighted by Crippen LogP contribution is -2.22. The Hall–Kier alpha value is -0.950. The molecule has 0 bridgehead atoms. The van der Waals surface area contributed by atoms with Gasteiger partial charge in [0.25, 0.3) is 0 Å². The zero-order valence-electron chi connectivity index (χ0n) is 12.4. The molecule has 1 aliphatic heterocycles. The molecule has 114 valence electrons. The second-order valence-corrected chi connectivity index (χ2v) is 8.23. The fraction of sp³-hybridized carbons (Fsp3) is 0.846. The van der Waals surface area contributed by atoms with Crippen molar-refractivity contribution in [3.63, 3.8) is 0 Å². The summed E-state index contributed by atoms with van der Waals surface area (Å²) in [5, 5.41) is 3.93. The molecule has 20 heavy (non-hydrogen) atoms. The highest BCUT2D eigenvalue weighted by atomic mass is 32.2. The largest absolute Gasteiger partial charge is 0.338 e. The smallest absolute Gasteiger partial charge is 0.240 e. The molecule has 2 heterocycles. The molecule has 7 heteroatoms. The number of rotatable bonds is 6. The van der Waals surface area contributed by atoms with E-state index in [0.717, 1.165) is 25.2 Å². The maximum Gasteiger partial charge on any atom is 0.240 e. The van der Waals surface area contributed by atoms with Crippen molar-refractivity contribution in [3.05, 3.63) is 11.7 Å². The molecule has 1 aromatic rings. The molecular formula is C13H23N3O3S. The Morgan fingerprint density at radius 3 is 2.75 bits per heavy atom. The third-order valence-electron chi connectivity index (χ3n) is 3.65. The van der Waals surface area contributed by atoms with Crippen LogP contribution in [0.4, 0.5) is 0 Å². The molecule has 6 nitrogen and oxygen atoms in total. The molecule has 0 aliphatic carbocycles. The van der Waals surface area contributed by atoms with Crippen molar-refractivity contribution < 1.29 is 12.9 Å². The molecule has 0 spiro atoms. The standard InChI is InChI=1S/C13H23N3O3S/c1-10(2)13-14-12(19-15-13)8-16(3)6-4-11-5-7-20(17,18)9-11/h10-11H,4-9H2,1-3H3. The Kier molecular flexibility index (Phi) is 4.80. The molecule has 1 unspecified atom stereocenters. The minimum atomic E-state index is -2.77. The number of hydrogen-bond acceptors (Lipinski definition) is 6. The minimum absolute atomic E-state index is 0.265. The Morgan fingerprint density at radius 1 is 1.45 bits per heavy atom.